The normalized spacial score (nSPS) is 16.0. The van der Waals surface area contributed by atoms with Crippen LogP contribution in [0, 0.1) is 0 Å². The van der Waals surface area contributed by atoms with Crippen LogP contribution in [-0.2, 0) is 4.79 Å². The Balaban J connectivity index is 1.90. The topological polar surface area (TPSA) is 41.1 Å². The van der Waals surface area contributed by atoms with Crippen LogP contribution in [0.2, 0.25) is 0 Å². The molecule has 1 aliphatic rings. The first-order chi connectivity index (χ1) is 8.78. The molecule has 1 amide bonds. The molecule has 0 bridgehead atoms. The van der Waals surface area contributed by atoms with Crippen LogP contribution in [-0.4, -0.2) is 11.9 Å². The molecule has 2 rings (SSSR count). The fraction of sp³-hybridized carbons (Fsp3) is 0.400. The van der Waals surface area contributed by atoms with Crippen molar-refractivity contribution in [2.45, 2.75) is 38.1 Å². The van der Waals surface area contributed by atoms with Gasteiger partial charge in [0, 0.05) is 17.4 Å². The van der Waals surface area contributed by atoms with Crippen molar-refractivity contribution in [3.05, 3.63) is 36.9 Å². The lowest BCUT2D eigenvalue weighted by Gasteiger charge is -2.23. The summed E-state index contributed by atoms with van der Waals surface area (Å²) in [5.74, 6) is -0.178. The molecule has 0 aliphatic heterocycles. The quantitative estimate of drug-likeness (QED) is 0.795. The highest BCUT2D eigenvalue weighted by Gasteiger charge is 2.12. The number of anilines is 2. The molecule has 1 aromatic rings. The third-order valence-corrected chi connectivity index (χ3v) is 3.31. The Morgan fingerprint density at radius 1 is 1.11 bits per heavy atom. The molecule has 0 saturated heterocycles. The molecule has 0 unspecified atom stereocenters. The van der Waals surface area contributed by atoms with E-state index < -0.39 is 0 Å². The van der Waals surface area contributed by atoms with Crippen molar-refractivity contribution in [1.82, 2.24) is 0 Å². The first-order valence-electron chi connectivity index (χ1n) is 6.58. The first kappa shape index (κ1) is 12.7. The van der Waals surface area contributed by atoms with E-state index in [1.807, 2.05) is 24.3 Å². The van der Waals surface area contributed by atoms with Gasteiger partial charge in [0.25, 0.3) is 0 Å². The highest BCUT2D eigenvalue weighted by Crippen LogP contribution is 2.22. The van der Waals surface area contributed by atoms with E-state index >= 15 is 0 Å². The molecule has 3 nitrogen and oxygen atoms in total. The Morgan fingerprint density at radius 2 is 1.72 bits per heavy atom. The number of benzene rings is 1. The number of rotatable bonds is 4. The molecule has 1 aromatic carbocycles. The maximum absolute atomic E-state index is 11.1. The predicted molar refractivity (Wildman–Crippen MR) is 75.8 cm³/mol. The second-order valence-corrected chi connectivity index (χ2v) is 4.75. The number of nitrogens with one attached hydrogen (secondary N) is 2. The largest absolute Gasteiger partial charge is 0.382 e. The summed E-state index contributed by atoms with van der Waals surface area (Å²) in [6.07, 6.45) is 7.80. The van der Waals surface area contributed by atoms with Crippen molar-refractivity contribution in [2.24, 2.45) is 0 Å². The first-order valence-corrected chi connectivity index (χ1v) is 6.58. The minimum absolute atomic E-state index is 0.178. The highest BCUT2D eigenvalue weighted by atomic mass is 16.1. The van der Waals surface area contributed by atoms with E-state index in [0.29, 0.717) is 6.04 Å². The standard InChI is InChI=1S/C15H20N2O/c1-2-15(18)17-14-10-8-13(9-11-14)16-12-6-4-3-5-7-12/h2,8-12,16H,1,3-7H2,(H,17,18). The van der Waals surface area contributed by atoms with E-state index in [2.05, 4.69) is 17.2 Å². The summed E-state index contributed by atoms with van der Waals surface area (Å²) in [7, 11) is 0. The van der Waals surface area contributed by atoms with Gasteiger partial charge < -0.3 is 10.6 Å². The lowest BCUT2D eigenvalue weighted by molar-refractivity contribution is -0.111. The van der Waals surface area contributed by atoms with Crippen LogP contribution < -0.4 is 10.6 Å². The van der Waals surface area contributed by atoms with Crippen molar-refractivity contribution < 1.29 is 4.79 Å². The second kappa shape index (κ2) is 6.24. The van der Waals surface area contributed by atoms with Crippen LogP contribution in [0.3, 0.4) is 0 Å². The monoisotopic (exact) mass is 244 g/mol. The summed E-state index contributed by atoms with van der Waals surface area (Å²) >= 11 is 0. The van der Waals surface area contributed by atoms with Gasteiger partial charge in [-0.2, -0.15) is 0 Å². The Bertz CT molecular complexity index is 405. The van der Waals surface area contributed by atoms with Crippen LogP contribution in [0.15, 0.2) is 36.9 Å². The Kier molecular flexibility index (Phi) is 4.40. The summed E-state index contributed by atoms with van der Waals surface area (Å²) in [4.78, 5) is 11.1. The fourth-order valence-electron chi connectivity index (χ4n) is 2.33. The molecule has 96 valence electrons. The minimum Gasteiger partial charge on any atom is -0.382 e. The van der Waals surface area contributed by atoms with Gasteiger partial charge >= 0.3 is 0 Å². The molecule has 18 heavy (non-hydrogen) atoms. The molecule has 0 atom stereocenters. The summed E-state index contributed by atoms with van der Waals surface area (Å²) in [6, 6.07) is 8.44. The second-order valence-electron chi connectivity index (χ2n) is 4.75. The zero-order chi connectivity index (χ0) is 12.8. The van der Waals surface area contributed by atoms with E-state index in [1.165, 1.54) is 38.2 Å². The predicted octanol–water partition coefficient (Wildman–Crippen LogP) is 3.56. The Morgan fingerprint density at radius 3 is 2.33 bits per heavy atom. The highest BCUT2D eigenvalue weighted by molar-refractivity contribution is 5.98. The van der Waals surface area contributed by atoms with Gasteiger partial charge in [0.15, 0.2) is 0 Å². The number of amides is 1. The summed E-state index contributed by atoms with van der Waals surface area (Å²) in [5.41, 5.74) is 1.92. The Hall–Kier alpha value is -1.77. The molecule has 3 heteroatoms. The van der Waals surface area contributed by atoms with Crippen LogP contribution in [0.1, 0.15) is 32.1 Å². The average molecular weight is 244 g/mol. The van der Waals surface area contributed by atoms with Gasteiger partial charge in [0.2, 0.25) is 5.91 Å². The lowest BCUT2D eigenvalue weighted by Crippen LogP contribution is -2.22. The maximum atomic E-state index is 11.1. The van der Waals surface area contributed by atoms with Crippen LogP contribution in [0.4, 0.5) is 11.4 Å². The number of hydrogen-bond acceptors (Lipinski definition) is 2. The van der Waals surface area contributed by atoms with Crippen molar-refractivity contribution >= 4 is 17.3 Å². The summed E-state index contributed by atoms with van der Waals surface area (Å²) in [5, 5.41) is 6.28. The van der Waals surface area contributed by atoms with Crippen LogP contribution in [0.25, 0.3) is 0 Å². The van der Waals surface area contributed by atoms with Gasteiger partial charge in [-0.25, -0.2) is 0 Å². The molecule has 0 aromatic heterocycles. The van der Waals surface area contributed by atoms with E-state index in [-0.39, 0.29) is 5.91 Å². The summed E-state index contributed by atoms with van der Waals surface area (Å²) in [6.45, 7) is 3.43. The van der Waals surface area contributed by atoms with Crippen molar-refractivity contribution in [3.8, 4) is 0 Å². The van der Waals surface area contributed by atoms with E-state index in [9.17, 15) is 4.79 Å². The molecule has 1 fully saturated rings. The molecule has 1 aliphatic carbocycles. The zero-order valence-corrected chi connectivity index (χ0v) is 10.6. The molecular weight excluding hydrogens is 224 g/mol. The molecular formula is C15H20N2O. The third-order valence-electron chi connectivity index (χ3n) is 3.31. The van der Waals surface area contributed by atoms with Crippen molar-refractivity contribution in [3.63, 3.8) is 0 Å². The van der Waals surface area contributed by atoms with E-state index in [1.54, 1.807) is 0 Å². The van der Waals surface area contributed by atoms with Gasteiger partial charge in [0.1, 0.15) is 0 Å². The summed E-state index contributed by atoms with van der Waals surface area (Å²) < 4.78 is 0. The molecule has 0 radical (unpaired) electrons. The van der Waals surface area contributed by atoms with Gasteiger partial charge in [0.05, 0.1) is 0 Å². The average Bonchev–Trinajstić information content (AvgIpc) is 2.42. The number of carbonyl (C=O) groups is 1. The Labute approximate surface area is 108 Å². The third kappa shape index (κ3) is 3.62. The number of carbonyl (C=O) groups excluding carboxylic acids is 1. The van der Waals surface area contributed by atoms with E-state index in [4.69, 9.17) is 0 Å². The molecule has 2 N–H and O–H groups in total. The van der Waals surface area contributed by atoms with Gasteiger partial charge in [-0.1, -0.05) is 25.8 Å². The van der Waals surface area contributed by atoms with Gasteiger partial charge in [-0.15, -0.1) is 0 Å². The zero-order valence-electron chi connectivity index (χ0n) is 10.6. The minimum atomic E-state index is -0.178. The van der Waals surface area contributed by atoms with Crippen molar-refractivity contribution in [2.75, 3.05) is 10.6 Å². The smallest absolute Gasteiger partial charge is 0.247 e. The SMILES string of the molecule is C=CC(=O)Nc1ccc(NC2CCCCC2)cc1. The molecule has 1 saturated carbocycles. The molecule has 0 heterocycles. The van der Waals surface area contributed by atoms with Crippen LogP contribution in [0.5, 0.6) is 0 Å². The fourth-order valence-corrected chi connectivity index (χ4v) is 2.33. The van der Waals surface area contributed by atoms with E-state index in [0.717, 1.165) is 11.4 Å². The maximum Gasteiger partial charge on any atom is 0.247 e. The number of hydrogen-bond donors (Lipinski definition) is 2. The molecule has 0 spiro atoms. The van der Waals surface area contributed by atoms with Gasteiger partial charge in [-0.05, 0) is 43.2 Å². The van der Waals surface area contributed by atoms with Crippen molar-refractivity contribution in [1.29, 1.82) is 0 Å². The lowest BCUT2D eigenvalue weighted by atomic mass is 9.95. The van der Waals surface area contributed by atoms with Gasteiger partial charge in [-0.3, -0.25) is 4.79 Å². The van der Waals surface area contributed by atoms with Crippen LogP contribution >= 0.6 is 0 Å².